The van der Waals surface area contributed by atoms with Gasteiger partial charge in [-0.3, -0.25) is 0 Å². The van der Waals surface area contributed by atoms with E-state index in [4.69, 9.17) is 9.97 Å². The van der Waals surface area contributed by atoms with Crippen LogP contribution in [0.5, 0.6) is 0 Å². The van der Waals surface area contributed by atoms with Crippen LogP contribution in [0.3, 0.4) is 0 Å². The minimum Gasteiger partial charge on any atom is -0.353 e. The molecule has 0 saturated carbocycles. The SMILES string of the molecule is CCc1nc(C)nc(N2CCN(C(=O)Nc3ccc(Br)cc3)CC2)c1Cc1ccc(C)cc1. The van der Waals surface area contributed by atoms with E-state index >= 15 is 0 Å². The molecule has 0 bridgehead atoms. The van der Waals surface area contributed by atoms with Crippen molar-refractivity contribution in [3.8, 4) is 0 Å². The third-order valence-corrected chi connectivity index (χ3v) is 6.51. The number of hydrogen-bond donors (Lipinski definition) is 1. The van der Waals surface area contributed by atoms with Gasteiger partial charge in [0.15, 0.2) is 0 Å². The van der Waals surface area contributed by atoms with Gasteiger partial charge in [0.05, 0.1) is 0 Å². The third-order valence-electron chi connectivity index (χ3n) is 5.98. The Labute approximate surface area is 204 Å². The fraction of sp³-hybridized carbons (Fsp3) is 0.346. The van der Waals surface area contributed by atoms with Crippen LogP contribution in [0.4, 0.5) is 16.3 Å². The van der Waals surface area contributed by atoms with Gasteiger partial charge >= 0.3 is 6.03 Å². The van der Waals surface area contributed by atoms with Gasteiger partial charge < -0.3 is 15.1 Å². The Morgan fingerprint density at radius 3 is 2.27 bits per heavy atom. The second kappa shape index (κ2) is 10.3. The molecule has 0 atom stereocenters. The van der Waals surface area contributed by atoms with Gasteiger partial charge in [-0.2, -0.15) is 0 Å². The highest BCUT2D eigenvalue weighted by atomic mass is 79.9. The summed E-state index contributed by atoms with van der Waals surface area (Å²) < 4.78 is 0.988. The maximum Gasteiger partial charge on any atom is 0.321 e. The molecule has 33 heavy (non-hydrogen) atoms. The topological polar surface area (TPSA) is 61.4 Å². The Morgan fingerprint density at radius 2 is 1.64 bits per heavy atom. The Kier molecular flexibility index (Phi) is 7.28. The van der Waals surface area contributed by atoms with E-state index < -0.39 is 0 Å². The van der Waals surface area contributed by atoms with Crippen LogP contribution in [0.1, 0.15) is 35.1 Å². The maximum atomic E-state index is 12.7. The molecule has 2 amide bonds. The van der Waals surface area contributed by atoms with Crippen LogP contribution in [0, 0.1) is 13.8 Å². The van der Waals surface area contributed by atoms with Crippen LogP contribution in [0.15, 0.2) is 53.0 Å². The van der Waals surface area contributed by atoms with Crippen LogP contribution in [0.2, 0.25) is 0 Å². The average Bonchev–Trinajstić information content (AvgIpc) is 2.82. The highest BCUT2D eigenvalue weighted by Gasteiger charge is 2.25. The summed E-state index contributed by atoms with van der Waals surface area (Å²) in [5.74, 6) is 1.80. The zero-order chi connectivity index (χ0) is 23.4. The quantitative estimate of drug-likeness (QED) is 0.504. The Morgan fingerprint density at radius 1 is 0.970 bits per heavy atom. The predicted octanol–water partition coefficient (Wildman–Crippen LogP) is 5.36. The summed E-state index contributed by atoms with van der Waals surface area (Å²) in [5.41, 5.74) is 5.61. The Balaban J connectivity index is 1.49. The Bertz CT molecular complexity index is 1110. The number of nitrogens with one attached hydrogen (secondary N) is 1. The van der Waals surface area contributed by atoms with Gasteiger partial charge in [0.2, 0.25) is 0 Å². The predicted molar refractivity (Wildman–Crippen MR) is 137 cm³/mol. The molecule has 4 rings (SSSR count). The third kappa shape index (κ3) is 5.71. The number of aryl methyl sites for hydroxylation is 3. The molecular formula is C26H30BrN5O. The van der Waals surface area contributed by atoms with Crippen molar-refractivity contribution < 1.29 is 4.79 Å². The van der Waals surface area contributed by atoms with Crippen molar-refractivity contribution in [3.63, 3.8) is 0 Å². The molecule has 172 valence electrons. The molecule has 0 aliphatic carbocycles. The molecule has 1 saturated heterocycles. The first-order chi connectivity index (χ1) is 15.9. The molecule has 7 heteroatoms. The second-order valence-electron chi connectivity index (χ2n) is 8.45. The Hall–Kier alpha value is -2.93. The normalized spacial score (nSPS) is 13.8. The fourth-order valence-electron chi connectivity index (χ4n) is 4.14. The molecule has 1 aliphatic heterocycles. The van der Waals surface area contributed by atoms with Gasteiger partial charge in [-0.1, -0.05) is 52.7 Å². The van der Waals surface area contributed by atoms with Crippen LogP contribution in [-0.2, 0) is 12.8 Å². The van der Waals surface area contributed by atoms with Gasteiger partial charge in [-0.25, -0.2) is 14.8 Å². The molecule has 0 unspecified atom stereocenters. The number of carbonyl (C=O) groups excluding carboxylic acids is 1. The van der Waals surface area contributed by atoms with Crippen molar-refractivity contribution in [2.45, 2.75) is 33.6 Å². The van der Waals surface area contributed by atoms with Crippen molar-refractivity contribution in [3.05, 3.63) is 81.2 Å². The number of benzene rings is 2. The van der Waals surface area contributed by atoms with Crippen LogP contribution < -0.4 is 10.2 Å². The summed E-state index contributed by atoms with van der Waals surface area (Å²) >= 11 is 3.42. The average molecular weight is 508 g/mol. The highest BCUT2D eigenvalue weighted by molar-refractivity contribution is 9.10. The number of halogens is 1. The van der Waals surface area contributed by atoms with E-state index in [-0.39, 0.29) is 6.03 Å². The molecule has 2 aromatic carbocycles. The highest BCUT2D eigenvalue weighted by Crippen LogP contribution is 2.26. The lowest BCUT2D eigenvalue weighted by Gasteiger charge is -2.36. The summed E-state index contributed by atoms with van der Waals surface area (Å²) in [5, 5.41) is 2.99. The number of urea groups is 1. The molecule has 6 nitrogen and oxygen atoms in total. The fourth-order valence-corrected chi connectivity index (χ4v) is 4.40. The van der Waals surface area contributed by atoms with Gasteiger partial charge in [-0.05, 0) is 50.1 Å². The summed E-state index contributed by atoms with van der Waals surface area (Å²) in [6.07, 6.45) is 1.68. The smallest absolute Gasteiger partial charge is 0.321 e. The van der Waals surface area contributed by atoms with Gasteiger partial charge in [-0.15, -0.1) is 0 Å². The van der Waals surface area contributed by atoms with Gasteiger partial charge in [0.25, 0.3) is 0 Å². The van der Waals surface area contributed by atoms with Crippen LogP contribution in [0.25, 0.3) is 0 Å². The van der Waals surface area contributed by atoms with Crippen molar-refractivity contribution in [1.29, 1.82) is 0 Å². The number of carbonyl (C=O) groups is 1. The van der Waals surface area contributed by atoms with Gasteiger partial charge in [0, 0.05) is 54.0 Å². The van der Waals surface area contributed by atoms with Crippen molar-refractivity contribution in [2.24, 2.45) is 0 Å². The largest absolute Gasteiger partial charge is 0.353 e. The first-order valence-corrected chi connectivity index (χ1v) is 12.2. The van der Waals surface area contributed by atoms with E-state index in [1.807, 2.05) is 36.1 Å². The van der Waals surface area contributed by atoms with E-state index in [1.165, 1.54) is 16.7 Å². The molecule has 1 aliphatic rings. The number of nitrogens with zero attached hydrogens (tertiary/aromatic N) is 4. The molecule has 0 radical (unpaired) electrons. The number of anilines is 2. The second-order valence-corrected chi connectivity index (χ2v) is 9.36. The monoisotopic (exact) mass is 507 g/mol. The summed E-state index contributed by atoms with van der Waals surface area (Å²) in [4.78, 5) is 26.5. The van der Waals surface area contributed by atoms with E-state index in [9.17, 15) is 4.79 Å². The number of rotatable bonds is 5. The minimum atomic E-state index is -0.0648. The van der Waals surface area contributed by atoms with E-state index in [2.05, 4.69) is 64.3 Å². The summed E-state index contributed by atoms with van der Waals surface area (Å²) in [7, 11) is 0. The lowest BCUT2D eigenvalue weighted by atomic mass is 10.0. The number of piperazine rings is 1. The van der Waals surface area contributed by atoms with Crippen LogP contribution in [-0.4, -0.2) is 47.1 Å². The van der Waals surface area contributed by atoms with Crippen LogP contribution >= 0.6 is 15.9 Å². The zero-order valence-corrected chi connectivity index (χ0v) is 21.0. The summed E-state index contributed by atoms with van der Waals surface area (Å²) in [6, 6.07) is 16.2. The first kappa shape index (κ1) is 23.2. The maximum absolute atomic E-state index is 12.7. The van der Waals surface area contributed by atoms with Crippen molar-refractivity contribution in [1.82, 2.24) is 14.9 Å². The molecule has 1 aromatic heterocycles. The molecule has 2 heterocycles. The molecule has 0 spiro atoms. The first-order valence-electron chi connectivity index (χ1n) is 11.4. The zero-order valence-electron chi connectivity index (χ0n) is 19.4. The lowest BCUT2D eigenvalue weighted by molar-refractivity contribution is 0.208. The number of hydrogen-bond acceptors (Lipinski definition) is 4. The van der Waals surface area contributed by atoms with E-state index in [1.54, 1.807) is 0 Å². The molecule has 1 N–H and O–H groups in total. The molecule has 3 aromatic rings. The number of aromatic nitrogens is 2. The summed E-state index contributed by atoms with van der Waals surface area (Å²) in [6.45, 7) is 9.00. The van der Waals surface area contributed by atoms with Crippen molar-refractivity contribution >= 4 is 33.5 Å². The van der Waals surface area contributed by atoms with E-state index in [0.29, 0.717) is 13.1 Å². The van der Waals surface area contributed by atoms with Crippen molar-refractivity contribution in [2.75, 3.05) is 36.4 Å². The minimum absolute atomic E-state index is 0.0648. The molecular weight excluding hydrogens is 478 g/mol. The van der Waals surface area contributed by atoms with Gasteiger partial charge in [0.1, 0.15) is 11.6 Å². The lowest BCUT2D eigenvalue weighted by Crippen LogP contribution is -2.50. The molecule has 1 fully saturated rings. The number of amides is 2. The van der Waals surface area contributed by atoms with E-state index in [0.717, 1.165) is 53.4 Å². The standard InChI is InChI=1S/C26H30BrN5O/c1-4-24-23(17-20-7-5-18(2)6-8-20)25(29-19(3)28-24)31-13-15-32(16-14-31)26(33)30-22-11-9-21(27)10-12-22/h5-12H,4,13-17H2,1-3H3,(H,30,33).